The van der Waals surface area contributed by atoms with Gasteiger partial charge in [-0.25, -0.2) is 0 Å². The third-order valence-electron chi connectivity index (χ3n) is 6.86. The first-order valence-electron chi connectivity index (χ1n) is 11.9. The number of rotatable bonds is 7. The largest absolute Gasteiger partial charge is 0.417 e. The predicted octanol–water partition coefficient (Wildman–Crippen LogP) is 7.21. The molecule has 0 amide bonds. The molecule has 2 nitrogen and oxygen atoms in total. The molecule has 4 rings (SSSR count). The Morgan fingerprint density at radius 1 is 0.879 bits per heavy atom. The van der Waals surface area contributed by atoms with Crippen LogP contribution in [0.25, 0.3) is 10.8 Å². The molecule has 0 aromatic heterocycles. The average Bonchev–Trinajstić information content (AvgIpc) is 2.81. The Bertz CT molecular complexity index is 1070. The molecular weight excluding hydrogens is 423 g/mol. The van der Waals surface area contributed by atoms with Gasteiger partial charge in [-0.15, -0.1) is 0 Å². The average molecular weight is 456 g/mol. The molecule has 1 aliphatic rings. The molecule has 1 N–H and O–H groups in total. The van der Waals surface area contributed by atoms with Gasteiger partial charge in [0, 0.05) is 13.1 Å². The van der Waals surface area contributed by atoms with Crippen LogP contribution in [0.1, 0.15) is 60.8 Å². The SMILES string of the molecule is Cc1ccc(C(O)(CCCCc2cc(C(F)(F)F)c3ccccc3c2)N2CCCCC2)cc1. The van der Waals surface area contributed by atoms with E-state index < -0.39 is 17.5 Å². The van der Waals surface area contributed by atoms with Crippen LogP contribution < -0.4 is 0 Å². The zero-order chi connectivity index (χ0) is 23.5. The van der Waals surface area contributed by atoms with Crippen LogP contribution >= 0.6 is 0 Å². The van der Waals surface area contributed by atoms with Crippen molar-refractivity contribution in [3.8, 4) is 0 Å². The zero-order valence-electron chi connectivity index (χ0n) is 19.2. The normalized spacial score (nSPS) is 17.2. The van der Waals surface area contributed by atoms with Crippen molar-refractivity contribution < 1.29 is 18.3 Å². The van der Waals surface area contributed by atoms with E-state index in [-0.39, 0.29) is 5.39 Å². The van der Waals surface area contributed by atoms with Gasteiger partial charge in [-0.1, -0.05) is 66.6 Å². The number of halogens is 3. The lowest BCUT2D eigenvalue weighted by molar-refractivity contribution is -0.136. The van der Waals surface area contributed by atoms with E-state index in [0.717, 1.165) is 49.9 Å². The molecular formula is C28H32F3NO. The molecule has 1 heterocycles. The van der Waals surface area contributed by atoms with Gasteiger partial charge in [0.2, 0.25) is 0 Å². The Kier molecular flexibility index (Phi) is 7.10. The Labute approximate surface area is 194 Å². The zero-order valence-corrected chi connectivity index (χ0v) is 19.2. The maximum atomic E-state index is 13.6. The molecule has 1 unspecified atom stereocenters. The van der Waals surface area contributed by atoms with E-state index in [2.05, 4.69) is 4.90 Å². The number of unbranched alkanes of at least 4 members (excludes halogenated alkanes) is 1. The molecule has 1 atom stereocenters. The van der Waals surface area contributed by atoms with Crippen LogP contribution in [0.3, 0.4) is 0 Å². The highest BCUT2D eigenvalue weighted by molar-refractivity contribution is 5.87. The standard InChI is InChI=1S/C28H32F3NO/c1-21-12-14-24(15-13-21)27(33,32-17-7-2-8-18-32)16-6-5-9-22-19-23-10-3-4-11-25(23)26(20-22)28(29,30)31/h3-4,10-15,19-20,33H,2,5-9,16-18H2,1H3. The fourth-order valence-corrected chi connectivity index (χ4v) is 5.02. The summed E-state index contributed by atoms with van der Waals surface area (Å²) in [5.41, 5.74) is 1.14. The molecule has 0 aliphatic carbocycles. The summed E-state index contributed by atoms with van der Waals surface area (Å²) in [5, 5.41) is 12.6. The van der Waals surface area contributed by atoms with Crippen molar-refractivity contribution in [2.24, 2.45) is 0 Å². The van der Waals surface area contributed by atoms with Gasteiger partial charge in [-0.3, -0.25) is 4.90 Å². The van der Waals surface area contributed by atoms with Crippen LogP contribution in [0.4, 0.5) is 13.2 Å². The van der Waals surface area contributed by atoms with Crippen molar-refractivity contribution in [1.82, 2.24) is 4.90 Å². The number of aliphatic hydroxyl groups is 1. The number of benzene rings is 3. The minimum Gasteiger partial charge on any atom is -0.371 e. The first kappa shape index (κ1) is 23.8. The minimum absolute atomic E-state index is 0.243. The van der Waals surface area contributed by atoms with E-state index in [9.17, 15) is 18.3 Å². The monoisotopic (exact) mass is 455 g/mol. The molecule has 3 aromatic carbocycles. The van der Waals surface area contributed by atoms with Crippen LogP contribution in [0.15, 0.2) is 60.7 Å². The highest BCUT2D eigenvalue weighted by atomic mass is 19.4. The summed E-state index contributed by atoms with van der Waals surface area (Å²) >= 11 is 0. The van der Waals surface area contributed by atoms with Gasteiger partial charge < -0.3 is 5.11 Å². The summed E-state index contributed by atoms with van der Waals surface area (Å²) in [6.45, 7) is 3.76. The van der Waals surface area contributed by atoms with Crippen molar-refractivity contribution in [3.05, 3.63) is 82.9 Å². The number of nitrogens with zero attached hydrogens (tertiary/aromatic N) is 1. The number of alkyl halides is 3. The first-order valence-corrected chi connectivity index (χ1v) is 11.9. The lowest BCUT2D eigenvalue weighted by atomic mass is 9.91. The van der Waals surface area contributed by atoms with Crippen molar-refractivity contribution in [1.29, 1.82) is 0 Å². The van der Waals surface area contributed by atoms with Gasteiger partial charge in [0.1, 0.15) is 5.72 Å². The third-order valence-corrected chi connectivity index (χ3v) is 6.86. The summed E-state index contributed by atoms with van der Waals surface area (Å²) in [6, 6.07) is 17.9. The van der Waals surface area contributed by atoms with E-state index >= 15 is 0 Å². The molecule has 1 aliphatic heterocycles. The first-order chi connectivity index (χ1) is 15.8. The Morgan fingerprint density at radius 2 is 1.58 bits per heavy atom. The maximum Gasteiger partial charge on any atom is 0.417 e. The van der Waals surface area contributed by atoms with Gasteiger partial charge in [0.05, 0.1) is 5.56 Å². The molecule has 5 heteroatoms. The summed E-state index contributed by atoms with van der Waals surface area (Å²) in [7, 11) is 0. The quantitative estimate of drug-likeness (QED) is 0.381. The number of likely N-dealkylation sites (tertiary alicyclic amines) is 1. The van der Waals surface area contributed by atoms with E-state index in [0.29, 0.717) is 23.8 Å². The predicted molar refractivity (Wildman–Crippen MR) is 127 cm³/mol. The van der Waals surface area contributed by atoms with Crippen molar-refractivity contribution in [2.45, 2.75) is 63.8 Å². The van der Waals surface area contributed by atoms with E-state index in [1.54, 1.807) is 18.2 Å². The van der Waals surface area contributed by atoms with Gasteiger partial charge in [0.25, 0.3) is 0 Å². The van der Waals surface area contributed by atoms with E-state index in [4.69, 9.17) is 0 Å². The molecule has 0 bridgehead atoms. The minimum atomic E-state index is -4.38. The van der Waals surface area contributed by atoms with Gasteiger partial charge in [0.15, 0.2) is 0 Å². The molecule has 0 spiro atoms. The number of piperidine rings is 1. The topological polar surface area (TPSA) is 23.5 Å². The van der Waals surface area contributed by atoms with Crippen LogP contribution in [-0.2, 0) is 18.3 Å². The fraction of sp³-hybridized carbons (Fsp3) is 0.429. The van der Waals surface area contributed by atoms with Crippen LogP contribution in [0, 0.1) is 6.92 Å². The third kappa shape index (κ3) is 5.42. The molecule has 33 heavy (non-hydrogen) atoms. The second kappa shape index (κ2) is 9.86. The number of hydrogen-bond donors (Lipinski definition) is 1. The lowest BCUT2D eigenvalue weighted by Crippen LogP contribution is -2.48. The summed E-state index contributed by atoms with van der Waals surface area (Å²) in [6.07, 6.45) is 1.52. The van der Waals surface area contributed by atoms with E-state index in [1.165, 1.54) is 18.6 Å². The Hall–Kier alpha value is -2.37. The maximum absolute atomic E-state index is 13.6. The smallest absolute Gasteiger partial charge is 0.371 e. The second-order valence-electron chi connectivity index (χ2n) is 9.30. The number of aryl methyl sites for hydroxylation is 2. The Balaban J connectivity index is 1.49. The molecule has 0 radical (unpaired) electrons. The van der Waals surface area contributed by atoms with Gasteiger partial charge in [-0.05, 0) is 73.4 Å². The van der Waals surface area contributed by atoms with Crippen LogP contribution in [-0.4, -0.2) is 23.1 Å². The number of fused-ring (bicyclic) bond motifs is 1. The van der Waals surface area contributed by atoms with Crippen molar-refractivity contribution in [3.63, 3.8) is 0 Å². The van der Waals surface area contributed by atoms with E-state index in [1.807, 2.05) is 37.3 Å². The fourth-order valence-electron chi connectivity index (χ4n) is 5.02. The lowest BCUT2D eigenvalue weighted by Gasteiger charge is -2.42. The second-order valence-corrected chi connectivity index (χ2v) is 9.30. The van der Waals surface area contributed by atoms with Crippen LogP contribution in [0.2, 0.25) is 0 Å². The molecule has 176 valence electrons. The number of hydrogen-bond acceptors (Lipinski definition) is 2. The molecule has 1 fully saturated rings. The van der Waals surface area contributed by atoms with Gasteiger partial charge in [-0.2, -0.15) is 13.2 Å². The Morgan fingerprint density at radius 3 is 2.27 bits per heavy atom. The molecule has 1 saturated heterocycles. The van der Waals surface area contributed by atoms with Crippen molar-refractivity contribution >= 4 is 10.8 Å². The van der Waals surface area contributed by atoms with Crippen LogP contribution in [0.5, 0.6) is 0 Å². The van der Waals surface area contributed by atoms with Gasteiger partial charge >= 0.3 is 6.18 Å². The highest BCUT2D eigenvalue weighted by Gasteiger charge is 2.36. The molecule has 3 aromatic rings. The summed E-state index contributed by atoms with van der Waals surface area (Å²) in [5.74, 6) is 0. The molecule has 0 saturated carbocycles. The summed E-state index contributed by atoms with van der Waals surface area (Å²) < 4.78 is 40.9. The summed E-state index contributed by atoms with van der Waals surface area (Å²) in [4.78, 5) is 2.18. The highest BCUT2D eigenvalue weighted by Crippen LogP contribution is 2.37. The van der Waals surface area contributed by atoms with Crippen molar-refractivity contribution in [2.75, 3.05) is 13.1 Å².